The molecule has 0 saturated heterocycles. The molecule has 0 fully saturated rings. The average molecular weight is 534 g/mol. The van der Waals surface area contributed by atoms with E-state index in [4.69, 9.17) is 15.2 Å². The van der Waals surface area contributed by atoms with Crippen LogP contribution >= 0.6 is 0 Å². The molecule has 0 bridgehead atoms. The van der Waals surface area contributed by atoms with Crippen molar-refractivity contribution in [2.45, 2.75) is 135 Å². The van der Waals surface area contributed by atoms with E-state index in [2.05, 4.69) is 17.2 Å². The van der Waals surface area contributed by atoms with Gasteiger partial charge in [-0.1, -0.05) is 116 Å². The number of benzene rings is 1. The first-order chi connectivity index (χ1) is 18.7. The van der Waals surface area contributed by atoms with Crippen molar-refractivity contribution in [3.8, 4) is 5.75 Å². The Bertz CT molecular complexity index is 652. The summed E-state index contributed by atoms with van der Waals surface area (Å²) in [4.78, 5) is 4.37. The summed E-state index contributed by atoms with van der Waals surface area (Å²) in [5, 5.41) is 12.5. The third kappa shape index (κ3) is 23.2. The van der Waals surface area contributed by atoms with Gasteiger partial charge in [-0.2, -0.15) is 0 Å². The van der Waals surface area contributed by atoms with Gasteiger partial charge < -0.3 is 25.6 Å². The van der Waals surface area contributed by atoms with Crippen LogP contribution in [0.1, 0.15) is 135 Å². The van der Waals surface area contributed by atoms with Crippen molar-refractivity contribution < 1.29 is 14.6 Å². The van der Waals surface area contributed by atoms with E-state index in [-0.39, 0.29) is 5.75 Å². The van der Waals surface area contributed by atoms with E-state index in [1.54, 1.807) is 12.1 Å². The van der Waals surface area contributed by atoms with Gasteiger partial charge in [0.1, 0.15) is 12.5 Å². The van der Waals surface area contributed by atoms with Gasteiger partial charge in [0.15, 0.2) is 0 Å². The Hall–Kier alpha value is -1.95. The van der Waals surface area contributed by atoms with Gasteiger partial charge in [-0.05, 0) is 43.5 Å². The largest absolute Gasteiger partial charge is 0.508 e. The lowest BCUT2D eigenvalue weighted by Crippen LogP contribution is -2.17. The smallest absolute Gasteiger partial charge is 0.281 e. The van der Waals surface area contributed by atoms with E-state index in [0.717, 1.165) is 38.1 Å². The zero-order valence-corrected chi connectivity index (χ0v) is 24.6. The maximum Gasteiger partial charge on any atom is 0.281 e. The van der Waals surface area contributed by atoms with E-state index < -0.39 is 0 Å². The molecule has 0 aromatic heterocycles. The van der Waals surface area contributed by atoms with E-state index in [9.17, 15) is 5.11 Å². The molecule has 1 rings (SSSR count). The molecule has 0 aliphatic carbocycles. The zero-order chi connectivity index (χ0) is 27.4. The predicted octanol–water partition coefficient (Wildman–Crippen LogP) is 8.93. The van der Waals surface area contributed by atoms with E-state index in [1.807, 2.05) is 12.1 Å². The number of phenolic OH excluding ortho intramolecular Hbond substituents is 1. The van der Waals surface area contributed by atoms with Crippen LogP contribution in [0.25, 0.3) is 0 Å². The molecule has 0 heterocycles. The molecule has 1 aromatic carbocycles. The lowest BCUT2D eigenvalue weighted by molar-refractivity contribution is 0.147. The van der Waals surface area contributed by atoms with Crippen LogP contribution in [0.2, 0.25) is 0 Å². The molecular weight excluding hydrogens is 474 g/mol. The van der Waals surface area contributed by atoms with Gasteiger partial charge in [-0.3, -0.25) is 0 Å². The fourth-order valence-corrected chi connectivity index (χ4v) is 4.52. The fourth-order valence-electron chi connectivity index (χ4n) is 4.52. The van der Waals surface area contributed by atoms with Crippen molar-refractivity contribution in [3.05, 3.63) is 24.3 Å². The second-order valence-electron chi connectivity index (χ2n) is 10.6. The van der Waals surface area contributed by atoms with Crippen LogP contribution in [-0.4, -0.2) is 37.6 Å². The molecule has 0 saturated carbocycles. The van der Waals surface area contributed by atoms with Gasteiger partial charge in [-0.15, -0.1) is 0 Å². The van der Waals surface area contributed by atoms with Crippen LogP contribution in [0.15, 0.2) is 29.3 Å². The number of hydrogen-bond acceptors (Lipinski definition) is 5. The Morgan fingerprint density at radius 1 is 0.684 bits per heavy atom. The Labute approximate surface area is 234 Å². The molecular formula is C32H59N3O3. The molecule has 4 N–H and O–H groups in total. The summed E-state index contributed by atoms with van der Waals surface area (Å²) >= 11 is 0. The molecule has 220 valence electrons. The predicted molar refractivity (Wildman–Crippen MR) is 163 cm³/mol. The maximum atomic E-state index is 9.27. The average Bonchev–Trinajstić information content (AvgIpc) is 2.92. The van der Waals surface area contributed by atoms with Gasteiger partial charge in [0.05, 0.1) is 6.61 Å². The second-order valence-corrected chi connectivity index (χ2v) is 10.6. The Morgan fingerprint density at radius 3 is 1.71 bits per heavy atom. The van der Waals surface area contributed by atoms with Crippen LogP contribution in [0, 0.1) is 0 Å². The quantitative estimate of drug-likeness (QED) is 0.0345. The minimum atomic E-state index is 0.277. The first-order valence-electron chi connectivity index (χ1n) is 15.8. The highest BCUT2D eigenvalue weighted by Crippen LogP contribution is 2.14. The number of ether oxygens (including phenoxy) is 2. The first-order valence-corrected chi connectivity index (χ1v) is 15.8. The van der Waals surface area contributed by atoms with Crippen molar-refractivity contribution in [2.75, 3.05) is 31.8 Å². The van der Waals surface area contributed by atoms with Crippen molar-refractivity contribution in [1.29, 1.82) is 0 Å². The minimum Gasteiger partial charge on any atom is -0.508 e. The highest BCUT2D eigenvalue weighted by Gasteiger charge is 1.97. The van der Waals surface area contributed by atoms with E-state index in [1.165, 1.54) is 109 Å². The molecule has 0 unspecified atom stereocenters. The molecule has 1 aromatic rings. The van der Waals surface area contributed by atoms with Gasteiger partial charge in [-0.25, -0.2) is 4.99 Å². The Morgan fingerprint density at radius 2 is 1.16 bits per heavy atom. The number of phenols is 1. The van der Waals surface area contributed by atoms with Crippen molar-refractivity contribution >= 4 is 11.7 Å². The third-order valence-corrected chi connectivity index (χ3v) is 6.96. The van der Waals surface area contributed by atoms with Crippen molar-refractivity contribution in [1.82, 2.24) is 0 Å². The number of nitrogens with zero attached hydrogens (tertiary/aromatic N) is 1. The van der Waals surface area contributed by atoms with Gasteiger partial charge in [0.2, 0.25) is 0 Å². The van der Waals surface area contributed by atoms with Crippen molar-refractivity contribution in [2.24, 2.45) is 10.7 Å². The van der Waals surface area contributed by atoms with Gasteiger partial charge >= 0.3 is 0 Å². The number of nitrogens with one attached hydrogen (secondary N) is 1. The van der Waals surface area contributed by atoms with Crippen LogP contribution < -0.4 is 11.1 Å². The minimum absolute atomic E-state index is 0.277. The maximum absolute atomic E-state index is 9.27. The lowest BCUT2D eigenvalue weighted by Gasteiger charge is -2.08. The molecule has 6 heteroatoms. The number of nitrogens with two attached hydrogens (primary N) is 1. The molecule has 0 aliphatic rings. The molecule has 0 aliphatic heterocycles. The number of hydrogen-bond donors (Lipinski definition) is 3. The van der Waals surface area contributed by atoms with Crippen LogP contribution in [0.3, 0.4) is 0 Å². The Balaban J connectivity index is 1.75. The van der Waals surface area contributed by atoms with E-state index >= 15 is 0 Å². The third-order valence-electron chi connectivity index (χ3n) is 6.96. The zero-order valence-electron chi connectivity index (χ0n) is 24.6. The highest BCUT2D eigenvalue weighted by molar-refractivity contribution is 5.71. The second kappa shape index (κ2) is 26.6. The summed E-state index contributed by atoms with van der Waals surface area (Å²) < 4.78 is 11.2. The van der Waals surface area contributed by atoms with Crippen LogP contribution in [-0.2, 0) is 9.47 Å². The molecule has 0 radical (unpaired) electrons. The molecule has 6 nitrogen and oxygen atoms in total. The molecule has 0 atom stereocenters. The number of anilines is 1. The van der Waals surface area contributed by atoms with Crippen LogP contribution in [0.5, 0.6) is 5.75 Å². The number of aliphatic imine (C=N–C) groups is 1. The summed E-state index contributed by atoms with van der Waals surface area (Å²) in [5.41, 5.74) is 6.85. The van der Waals surface area contributed by atoms with E-state index in [0.29, 0.717) is 19.4 Å². The standard InChI is InChI=1S/C32H59N3O3/c1-2-3-4-5-6-7-8-9-11-15-18-21-28-38-32(33)34-26-19-16-13-10-12-14-17-20-27-37-29-35-30-22-24-31(36)25-23-30/h22-25,35-36H,2-21,26-29H2,1H3,(H2,33,34). The Kier molecular flexibility index (Phi) is 23.9. The SMILES string of the molecule is CCCCCCCCCCCCCCOC(N)=NCCCCCCCCCCOCNc1ccc(O)cc1. The summed E-state index contributed by atoms with van der Waals surface area (Å²) in [7, 11) is 0. The van der Waals surface area contributed by atoms with Crippen molar-refractivity contribution in [3.63, 3.8) is 0 Å². The molecule has 38 heavy (non-hydrogen) atoms. The summed E-state index contributed by atoms with van der Waals surface area (Å²) in [6.45, 7) is 5.04. The van der Waals surface area contributed by atoms with Gasteiger partial charge in [0.25, 0.3) is 6.02 Å². The van der Waals surface area contributed by atoms with Crippen LogP contribution in [0.4, 0.5) is 5.69 Å². The summed E-state index contributed by atoms with van der Waals surface area (Å²) in [5.74, 6) is 0.277. The lowest BCUT2D eigenvalue weighted by atomic mass is 10.1. The monoisotopic (exact) mass is 533 g/mol. The first kappa shape index (κ1) is 34.1. The molecule has 0 spiro atoms. The number of unbranched alkanes of at least 4 members (excludes halogenated alkanes) is 18. The number of rotatable bonds is 27. The molecule has 0 amide bonds. The normalized spacial score (nSPS) is 11.7. The summed E-state index contributed by atoms with van der Waals surface area (Å²) in [6.07, 6.45) is 25.9. The fraction of sp³-hybridized carbons (Fsp3) is 0.781. The highest BCUT2D eigenvalue weighted by atomic mass is 16.5. The topological polar surface area (TPSA) is 89.1 Å². The number of aromatic hydroxyl groups is 1. The summed E-state index contributed by atoms with van der Waals surface area (Å²) in [6, 6.07) is 7.39. The number of amidine groups is 1. The van der Waals surface area contributed by atoms with Gasteiger partial charge in [0, 0.05) is 18.8 Å².